The number of ether oxygens (including phenoxy) is 3. The first-order valence-corrected chi connectivity index (χ1v) is 5.19. The molecule has 14 heavy (non-hydrogen) atoms. The van der Waals surface area contributed by atoms with Gasteiger partial charge in [0.15, 0.2) is 6.29 Å². The number of methoxy groups -OCH3 is 2. The molecular weight excluding hydrogens is 182 g/mol. The van der Waals surface area contributed by atoms with Gasteiger partial charge >= 0.3 is 0 Å². The number of hydrogen-bond donors (Lipinski definition) is 1. The fourth-order valence-electron chi connectivity index (χ4n) is 1.03. The third kappa shape index (κ3) is 8.44. The van der Waals surface area contributed by atoms with Crippen molar-refractivity contribution in [3.63, 3.8) is 0 Å². The summed E-state index contributed by atoms with van der Waals surface area (Å²) >= 11 is 0. The van der Waals surface area contributed by atoms with Crippen molar-refractivity contribution in [1.29, 1.82) is 0 Å². The molecule has 0 atom stereocenters. The molecule has 4 heteroatoms. The lowest BCUT2D eigenvalue weighted by molar-refractivity contribution is -0.0987. The average Bonchev–Trinajstić information content (AvgIpc) is 2.22. The topological polar surface area (TPSA) is 39.7 Å². The summed E-state index contributed by atoms with van der Waals surface area (Å²) in [6, 6.07) is 0. The highest BCUT2D eigenvalue weighted by atomic mass is 16.7. The van der Waals surface area contributed by atoms with Crippen molar-refractivity contribution in [2.24, 2.45) is 0 Å². The van der Waals surface area contributed by atoms with E-state index in [4.69, 9.17) is 14.2 Å². The largest absolute Gasteiger partial charge is 0.381 e. The van der Waals surface area contributed by atoms with Crippen molar-refractivity contribution >= 4 is 0 Å². The Labute approximate surface area is 86.9 Å². The molecule has 0 unspecified atom stereocenters. The van der Waals surface area contributed by atoms with E-state index < -0.39 is 0 Å². The van der Waals surface area contributed by atoms with Gasteiger partial charge in [0.05, 0.1) is 0 Å². The Hall–Kier alpha value is -0.160. The van der Waals surface area contributed by atoms with Gasteiger partial charge < -0.3 is 19.5 Å². The second-order valence-electron chi connectivity index (χ2n) is 3.07. The molecule has 4 nitrogen and oxygen atoms in total. The second-order valence-corrected chi connectivity index (χ2v) is 3.07. The van der Waals surface area contributed by atoms with E-state index in [1.54, 1.807) is 14.2 Å². The monoisotopic (exact) mass is 205 g/mol. The molecule has 0 aliphatic carbocycles. The standard InChI is InChI=1S/C10H23NO3/c1-4-7-14-8-5-6-11-9-10(12-2)13-3/h10-11H,4-9H2,1-3H3. The molecule has 0 spiro atoms. The maximum atomic E-state index is 5.34. The first kappa shape index (κ1) is 13.8. The summed E-state index contributed by atoms with van der Waals surface area (Å²) in [6.07, 6.45) is 1.97. The van der Waals surface area contributed by atoms with Gasteiger partial charge in [0.2, 0.25) is 0 Å². The Morgan fingerprint density at radius 2 is 1.86 bits per heavy atom. The van der Waals surface area contributed by atoms with Crippen molar-refractivity contribution in [3.8, 4) is 0 Å². The lowest BCUT2D eigenvalue weighted by atomic mass is 10.4. The average molecular weight is 205 g/mol. The van der Waals surface area contributed by atoms with E-state index in [0.29, 0.717) is 0 Å². The Balaban J connectivity index is 3.04. The number of rotatable bonds is 10. The molecule has 0 saturated carbocycles. The van der Waals surface area contributed by atoms with E-state index >= 15 is 0 Å². The van der Waals surface area contributed by atoms with Crippen molar-refractivity contribution in [2.75, 3.05) is 40.5 Å². The zero-order valence-corrected chi connectivity index (χ0v) is 9.54. The van der Waals surface area contributed by atoms with Crippen LogP contribution in [0.4, 0.5) is 0 Å². The minimum Gasteiger partial charge on any atom is -0.381 e. The fraction of sp³-hybridized carbons (Fsp3) is 1.00. The summed E-state index contributed by atoms with van der Waals surface area (Å²) in [4.78, 5) is 0. The smallest absolute Gasteiger partial charge is 0.169 e. The zero-order valence-electron chi connectivity index (χ0n) is 9.54. The summed E-state index contributed by atoms with van der Waals surface area (Å²) in [7, 11) is 3.28. The molecule has 1 N–H and O–H groups in total. The molecular formula is C10H23NO3. The zero-order chi connectivity index (χ0) is 10.6. The summed E-state index contributed by atoms with van der Waals surface area (Å²) in [5.41, 5.74) is 0. The summed E-state index contributed by atoms with van der Waals surface area (Å²) in [5, 5.41) is 3.23. The van der Waals surface area contributed by atoms with Gasteiger partial charge in [-0.15, -0.1) is 0 Å². The normalized spacial score (nSPS) is 11.1. The summed E-state index contributed by atoms with van der Waals surface area (Å²) in [6.45, 7) is 5.46. The number of nitrogens with one attached hydrogen (secondary N) is 1. The Morgan fingerprint density at radius 1 is 1.14 bits per heavy atom. The van der Waals surface area contributed by atoms with E-state index in [2.05, 4.69) is 12.2 Å². The van der Waals surface area contributed by atoms with E-state index in [-0.39, 0.29) is 6.29 Å². The van der Waals surface area contributed by atoms with Crippen LogP contribution >= 0.6 is 0 Å². The highest BCUT2D eigenvalue weighted by Gasteiger charge is 2.02. The predicted molar refractivity (Wildman–Crippen MR) is 56.4 cm³/mol. The molecule has 0 aliphatic heterocycles. The van der Waals surface area contributed by atoms with Gasteiger partial charge in [-0.1, -0.05) is 6.92 Å². The van der Waals surface area contributed by atoms with Crippen LogP contribution in [0.1, 0.15) is 19.8 Å². The maximum Gasteiger partial charge on any atom is 0.169 e. The van der Waals surface area contributed by atoms with Gasteiger partial charge in [-0.25, -0.2) is 0 Å². The Bertz CT molecular complexity index is 108. The number of hydrogen-bond acceptors (Lipinski definition) is 4. The molecule has 0 bridgehead atoms. The molecule has 0 aromatic heterocycles. The third-order valence-electron chi connectivity index (χ3n) is 1.83. The minimum atomic E-state index is -0.147. The van der Waals surface area contributed by atoms with Crippen LogP contribution in [0.25, 0.3) is 0 Å². The van der Waals surface area contributed by atoms with Crippen LogP contribution < -0.4 is 5.32 Å². The Kier molecular flexibility index (Phi) is 10.8. The summed E-state index contributed by atoms with van der Waals surface area (Å²) in [5.74, 6) is 0. The van der Waals surface area contributed by atoms with Crippen molar-refractivity contribution < 1.29 is 14.2 Å². The Morgan fingerprint density at radius 3 is 2.43 bits per heavy atom. The van der Waals surface area contributed by atoms with E-state index in [1.165, 1.54) is 0 Å². The molecule has 0 saturated heterocycles. The minimum absolute atomic E-state index is 0.147. The van der Waals surface area contributed by atoms with Crippen LogP contribution in [0.3, 0.4) is 0 Å². The highest BCUT2D eigenvalue weighted by molar-refractivity contribution is 4.50. The van der Waals surface area contributed by atoms with Gasteiger partial charge in [-0.05, 0) is 19.4 Å². The lowest BCUT2D eigenvalue weighted by Gasteiger charge is -2.13. The maximum absolute atomic E-state index is 5.34. The first-order valence-electron chi connectivity index (χ1n) is 5.19. The molecule has 0 aromatic rings. The highest BCUT2D eigenvalue weighted by Crippen LogP contribution is 1.88. The SMILES string of the molecule is CCCOCCCNCC(OC)OC. The van der Waals surface area contributed by atoms with Gasteiger partial charge in [-0.2, -0.15) is 0 Å². The van der Waals surface area contributed by atoms with Crippen LogP contribution in [0.2, 0.25) is 0 Å². The van der Waals surface area contributed by atoms with E-state index in [0.717, 1.165) is 39.1 Å². The molecule has 0 aliphatic rings. The quantitative estimate of drug-likeness (QED) is 0.427. The van der Waals surface area contributed by atoms with Gasteiger partial charge in [-0.3, -0.25) is 0 Å². The third-order valence-corrected chi connectivity index (χ3v) is 1.83. The van der Waals surface area contributed by atoms with Crippen molar-refractivity contribution in [2.45, 2.75) is 26.1 Å². The summed E-state index contributed by atoms with van der Waals surface area (Å²) < 4.78 is 15.4. The van der Waals surface area contributed by atoms with Gasteiger partial charge in [0, 0.05) is 34.0 Å². The molecule has 0 radical (unpaired) electrons. The fourth-order valence-corrected chi connectivity index (χ4v) is 1.03. The molecule has 86 valence electrons. The lowest BCUT2D eigenvalue weighted by Crippen LogP contribution is -2.30. The van der Waals surface area contributed by atoms with Crippen LogP contribution in [0.5, 0.6) is 0 Å². The molecule has 0 aromatic carbocycles. The van der Waals surface area contributed by atoms with Crippen LogP contribution in [-0.4, -0.2) is 46.8 Å². The van der Waals surface area contributed by atoms with Crippen LogP contribution in [-0.2, 0) is 14.2 Å². The van der Waals surface area contributed by atoms with Crippen LogP contribution in [0, 0.1) is 0 Å². The van der Waals surface area contributed by atoms with Gasteiger partial charge in [0.25, 0.3) is 0 Å². The molecule has 0 rings (SSSR count). The van der Waals surface area contributed by atoms with E-state index in [1.807, 2.05) is 0 Å². The van der Waals surface area contributed by atoms with Crippen molar-refractivity contribution in [1.82, 2.24) is 5.32 Å². The van der Waals surface area contributed by atoms with Gasteiger partial charge in [0.1, 0.15) is 0 Å². The van der Waals surface area contributed by atoms with Crippen LogP contribution in [0.15, 0.2) is 0 Å². The predicted octanol–water partition coefficient (Wildman–Crippen LogP) is 1.01. The molecule has 0 fully saturated rings. The van der Waals surface area contributed by atoms with Crippen molar-refractivity contribution in [3.05, 3.63) is 0 Å². The first-order chi connectivity index (χ1) is 6.85. The molecule has 0 heterocycles. The second kappa shape index (κ2) is 10.9. The van der Waals surface area contributed by atoms with E-state index in [9.17, 15) is 0 Å². The molecule has 0 amide bonds.